The molecule has 1 aromatic carbocycles. The van der Waals surface area contributed by atoms with Crippen LogP contribution in [0.3, 0.4) is 0 Å². The van der Waals surface area contributed by atoms with Gasteiger partial charge in [0.15, 0.2) is 0 Å². The lowest BCUT2D eigenvalue weighted by Gasteiger charge is -2.57. The lowest BCUT2D eigenvalue weighted by Crippen LogP contribution is -2.71. The third-order valence-electron chi connectivity index (χ3n) is 3.25. The third-order valence-corrected chi connectivity index (χ3v) is 3.25. The molecule has 14 heavy (non-hydrogen) atoms. The third kappa shape index (κ3) is 1.05. The van der Waals surface area contributed by atoms with Crippen LogP contribution in [0, 0.1) is 11.2 Å². The predicted octanol–water partition coefficient (Wildman–Crippen LogP) is 1.24. The largest absolute Gasteiger partial charge is 0.368 e. The molecule has 0 saturated carbocycles. The van der Waals surface area contributed by atoms with Crippen LogP contribution in [0.25, 0.3) is 0 Å². The number of benzene rings is 1. The number of halogens is 1. The molecule has 3 rings (SSSR count). The normalized spacial score (nSPS) is 23.1. The Kier molecular flexibility index (Phi) is 1.59. The van der Waals surface area contributed by atoms with E-state index >= 15 is 0 Å². The van der Waals surface area contributed by atoms with Crippen molar-refractivity contribution in [3.8, 4) is 0 Å². The quantitative estimate of drug-likeness (QED) is 0.720. The van der Waals surface area contributed by atoms with Crippen molar-refractivity contribution < 1.29 is 4.39 Å². The van der Waals surface area contributed by atoms with Crippen LogP contribution in [-0.2, 0) is 0 Å². The highest BCUT2D eigenvalue weighted by Crippen LogP contribution is 2.37. The van der Waals surface area contributed by atoms with Crippen molar-refractivity contribution in [2.75, 3.05) is 31.1 Å². The number of hydrogen-bond donors (Lipinski definition) is 1. The summed E-state index contributed by atoms with van der Waals surface area (Å²) in [6, 6.07) is 7.01. The molecule has 0 unspecified atom stereocenters. The highest BCUT2D eigenvalue weighted by molar-refractivity contribution is 5.51. The van der Waals surface area contributed by atoms with Crippen LogP contribution in [0.2, 0.25) is 0 Å². The summed E-state index contributed by atoms with van der Waals surface area (Å²) in [4.78, 5) is 2.12. The smallest absolute Gasteiger partial charge is 0.146 e. The van der Waals surface area contributed by atoms with Gasteiger partial charge < -0.3 is 10.2 Å². The highest BCUT2D eigenvalue weighted by Gasteiger charge is 2.47. The number of para-hydroxylation sites is 1. The number of anilines is 1. The molecule has 2 nitrogen and oxygen atoms in total. The van der Waals surface area contributed by atoms with E-state index in [4.69, 9.17) is 0 Å². The van der Waals surface area contributed by atoms with Gasteiger partial charge in [-0.05, 0) is 12.1 Å². The zero-order valence-electron chi connectivity index (χ0n) is 7.96. The molecule has 2 heterocycles. The van der Waals surface area contributed by atoms with E-state index in [1.807, 2.05) is 12.1 Å². The second-order valence-corrected chi connectivity index (χ2v) is 4.41. The molecule has 0 amide bonds. The number of nitrogens with zero attached hydrogens (tertiary/aromatic N) is 1. The summed E-state index contributed by atoms with van der Waals surface area (Å²) in [7, 11) is 0. The van der Waals surface area contributed by atoms with Crippen molar-refractivity contribution >= 4 is 5.69 Å². The monoisotopic (exact) mass is 192 g/mol. The molecule has 0 radical (unpaired) electrons. The van der Waals surface area contributed by atoms with E-state index in [9.17, 15) is 4.39 Å². The first-order chi connectivity index (χ1) is 6.79. The van der Waals surface area contributed by atoms with Gasteiger partial charge in [0.1, 0.15) is 5.82 Å². The summed E-state index contributed by atoms with van der Waals surface area (Å²) in [6.07, 6.45) is 0. The minimum atomic E-state index is -0.102. The molecule has 2 saturated heterocycles. The number of rotatable bonds is 1. The van der Waals surface area contributed by atoms with Crippen LogP contribution in [0.4, 0.5) is 10.1 Å². The average Bonchev–Trinajstić information content (AvgIpc) is 2.03. The molecule has 0 aliphatic carbocycles. The van der Waals surface area contributed by atoms with Crippen molar-refractivity contribution in [3.05, 3.63) is 30.1 Å². The van der Waals surface area contributed by atoms with Crippen molar-refractivity contribution in [2.45, 2.75) is 0 Å². The summed E-state index contributed by atoms with van der Waals surface area (Å²) < 4.78 is 13.4. The lowest BCUT2D eigenvalue weighted by molar-refractivity contribution is 0.120. The van der Waals surface area contributed by atoms with Gasteiger partial charge in [-0.1, -0.05) is 12.1 Å². The van der Waals surface area contributed by atoms with Crippen molar-refractivity contribution in [1.82, 2.24) is 5.32 Å². The molecule has 0 bridgehead atoms. The molecule has 2 aliphatic heterocycles. The molecule has 3 heteroatoms. The Morgan fingerprint density at radius 1 is 1.21 bits per heavy atom. The summed E-state index contributed by atoms with van der Waals surface area (Å²) >= 11 is 0. The van der Waals surface area contributed by atoms with Crippen molar-refractivity contribution in [3.63, 3.8) is 0 Å². The van der Waals surface area contributed by atoms with Gasteiger partial charge in [-0.25, -0.2) is 4.39 Å². The molecule has 0 aromatic heterocycles. The van der Waals surface area contributed by atoms with E-state index in [-0.39, 0.29) is 5.82 Å². The minimum absolute atomic E-state index is 0.102. The maximum atomic E-state index is 13.4. The van der Waals surface area contributed by atoms with E-state index in [0.717, 1.165) is 31.9 Å². The Morgan fingerprint density at radius 2 is 1.93 bits per heavy atom. The van der Waals surface area contributed by atoms with E-state index in [0.29, 0.717) is 5.41 Å². The molecular weight excluding hydrogens is 179 g/mol. The van der Waals surface area contributed by atoms with Gasteiger partial charge in [-0.3, -0.25) is 0 Å². The van der Waals surface area contributed by atoms with E-state index in [2.05, 4.69) is 10.2 Å². The van der Waals surface area contributed by atoms with E-state index in [1.165, 1.54) is 6.07 Å². The van der Waals surface area contributed by atoms with Gasteiger partial charge in [0.25, 0.3) is 0 Å². The topological polar surface area (TPSA) is 15.3 Å². The van der Waals surface area contributed by atoms with Gasteiger partial charge in [-0.2, -0.15) is 0 Å². The Labute approximate surface area is 82.7 Å². The van der Waals surface area contributed by atoms with Crippen LogP contribution in [0.15, 0.2) is 24.3 Å². The van der Waals surface area contributed by atoms with Gasteiger partial charge in [-0.15, -0.1) is 0 Å². The molecule has 1 N–H and O–H groups in total. The van der Waals surface area contributed by atoms with Gasteiger partial charge in [0.05, 0.1) is 5.69 Å². The SMILES string of the molecule is Fc1ccccc1N1CC2(CNC2)C1. The average molecular weight is 192 g/mol. The summed E-state index contributed by atoms with van der Waals surface area (Å²) in [5.74, 6) is -0.102. The van der Waals surface area contributed by atoms with Crippen molar-refractivity contribution in [1.29, 1.82) is 0 Å². The summed E-state index contributed by atoms with van der Waals surface area (Å²) in [5.41, 5.74) is 1.22. The minimum Gasteiger partial charge on any atom is -0.368 e. The maximum Gasteiger partial charge on any atom is 0.146 e. The second-order valence-electron chi connectivity index (χ2n) is 4.41. The fourth-order valence-electron chi connectivity index (χ4n) is 2.34. The maximum absolute atomic E-state index is 13.4. The fraction of sp³-hybridized carbons (Fsp3) is 0.455. The molecule has 2 fully saturated rings. The van der Waals surface area contributed by atoms with Gasteiger partial charge in [0, 0.05) is 31.6 Å². The first-order valence-electron chi connectivity index (χ1n) is 4.99. The summed E-state index contributed by atoms with van der Waals surface area (Å²) in [6.45, 7) is 4.19. The van der Waals surface area contributed by atoms with Gasteiger partial charge in [0.2, 0.25) is 0 Å². The standard InChI is InChI=1S/C11H13FN2/c12-9-3-1-2-4-10(9)14-7-11(8-14)5-13-6-11/h1-4,13H,5-8H2. The van der Waals surface area contributed by atoms with E-state index < -0.39 is 0 Å². The van der Waals surface area contributed by atoms with Crippen LogP contribution < -0.4 is 10.2 Å². The molecule has 1 spiro atoms. The first kappa shape index (κ1) is 8.24. The van der Waals surface area contributed by atoms with Crippen LogP contribution in [0.5, 0.6) is 0 Å². The molecule has 2 aliphatic rings. The fourth-order valence-corrected chi connectivity index (χ4v) is 2.34. The first-order valence-corrected chi connectivity index (χ1v) is 4.99. The number of hydrogen-bond acceptors (Lipinski definition) is 2. The Hall–Kier alpha value is -1.09. The lowest BCUT2D eigenvalue weighted by atomic mass is 9.74. The van der Waals surface area contributed by atoms with E-state index in [1.54, 1.807) is 6.07 Å². The Morgan fingerprint density at radius 3 is 2.50 bits per heavy atom. The summed E-state index contributed by atoms with van der Waals surface area (Å²) in [5, 5.41) is 3.27. The zero-order chi connectivity index (χ0) is 9.60. The second kappa shape index (κ2) is 2.70. The van der Waals surface area contributed by atoms with Crippen LogP contribution in [0.1, 0.15) is 0 Å². The molecule has 0 atom stereocenters. The van der Waals surface area contributed by atoms with Crippen molar-refractivity contribution in [2.24, 2.45) is 5.41 Å². The Bertz CT molecular complexity index is 352. The Balaban J connectivity index is 1.76. The molecule has 1 aromatic rings. The van der Waals surface area contributed by atoms with Crippen LogP contribution >= 0.6 is 0 Å². The molecule has 74 valence electrons. The highest BCUT2D eigenvalue weighted by atomic mass is 19.1. The zero-order valence-corrected chi connectivity index (χ0v) is 7.96. The predicted molar refractivity (Wildman–Crippen MR) is 53.9 cm³/mol. The van der Waals surface area contributed by atoms with Crippen LogP contribution in [-0.4, -0.2) is 26.2 Å². The van der Waals surface area contributed by atoms with Gasteiger partial charge >= 0.3 is 0 Å². The molecular formula is C11H13FN2. The number of nitrogens with one attached hydrogen (secondary N) is 1.